The van der Waals surface area contributed by atoms with Crippen LogP contribution in [0.2, 0.25) is 0 Å². The lowest BCUT2D eigenvalue weighted by molar-refractivity contribution is -0.385. The number of nitro benzene ring substituents is 1. The lowest BCUT2D eigenvalue weighted by atomic mass is 9.93. The van der Waals surface area contributed by atoms with Crippen LogP contribution in [0.3, 0.4) is 0 Å². The van der Waals surface area contributed by atoms with Crippen molar-refractivity contribution in [2.75, 3.05) is 0 Å². The van der Waals surface area contributed by atoms with Crippen molar-refractivity contribution in [1.29, 1.82) is 0 Å². The third-order valence-corrected chi connectivity index (χ3v) is 5.42. The first kappa shape index (κ1) is 19.4. The van der Waals surface area contributed by atoms with Gasteiger partial charge in [0, 0.05) is 28.0 Å². The number of amides is 2. The molecular weight excluding hydrogens is 408 g/mol. The molecule has 4 aromatic rings. The summed E-state index contributed by atoms with van der Waals surface area (Å²) in [4.78, 5) is 38.5. The average Bonchev–Trinajstić information content (AvgIpc) is 2.82. The topological polar surface area (TPSA) is 89.7 Å². The Morgan fingerprint density at radius 1 is 0.750 bits per heavy atom. The summed E-state index contributed by atoms with van der Waals surface area (Å²) in [7, 11) is 0. The molecule has 1 aliphatic rings. The zero-order chi connectivity index (χ0) is 22.2. The predicted molar refractivity (Wildman–Crippen MR) is 118 cm³/mol. The highest BCUT2D eigenvalue weighted by Gasteiger charge is 2.33. The summed E-state index contributed by atoms with van der Waals surface area (Å²) in [5.74, 6) is -0.367. The Labute approximate surface area is 182 Å². The third kappa shape index (κ3) is 3.16. The number of hydrogen-bond donors (Lipinski definition) is 0. The second-order valence-corrected chi connectivity index (χ2v) is 7.35. The molecule has 0 saturated carbocycles. The van der Waals surface area contributed by atoms with Gasteiger partial charge >= 0.3 is 5.69 Å². The fourth-order valence-corrected chi connectivity index (χ4v) is 3.93. The van der Waals surface area contributed by atoms with Gasteiger partial charge in [0.15, 0.2) is 0 Å². The number of nitrogens with zero attached hydrogens (tertiary/aromatic N) is 2. The molecule has 1 heterocycles. The van der Waals surface area contributed by atoms with Gasteiger partial charge < -0.3 is 4.74 Å². The van der Waals surface area contributed by atoms with E-state index < -0.39 is 4.92 Å². The van der Waals surface area contributed by atoms with Crippen LogP contribution in [0.1, 0.15) is 26.3 Å². The molecule has 0 N–H and O–H groups in total. The molecule has 0 aliphatic carbocycles. The maximum absolute atomic E-state index is 13.2. The van der Waals surface area contributed by atoms with Crippen LogP contribution in [0.4, 0.5) is 5.69 Å². The van der Waals surface area contributed by atoms with E-state index in [4.69, 9.17) is 4.74 Å². The van der Waals surface area contributed by atoms with Crippen LogP contribution in [0, 0.1) is 10.1 Å². The Balaban J connectivity index is 1.59. The average molecular weight is 424 g/mol. The number of carbonyl (C=O) groups is 2. The van der Waals surface area contributed by atoms with Gasteiger partial charge in [0.2, 0.25) is 5.75 Å². The van der Waals surface area contributed by atoms with E-state index in [9.17, 15) is 19.7 Å². The third-order valence-electron chi connectivity index (χ3n) is 5.42. The molecule has 0 fully saturated rings. The molecule has 32 heavy (non-hydrogen) atoms. The first-order valence-corrected chi connectivity index (χ1v) is 9.91. The first-order valence-electron chi connectivity index (χ1n) is 9.91. The van der Waals surface area contributed by atoms with Gasteiger partial charge in [0.1, 0.15) is 5.75 Å². The smallest absolute Gasteiger partial charge is 0.311 e. The minimum absolute atomic E-state index is 0.0809. The van der Waals surface area contributed by atoms with Gasteiger partial charge in [-0.25, -0.2) is 0 Å². The highest BCUT2D eigenvalue weighted by Crippen LogP contribution is 2.39. The molecular formula is C25H16N2O5. The molecule has 7 nitrogen and oxygen atoms in total. The summed E-state index contributed by atoms with van der Waals surface area (Å²) in [6, 6.07) is 23.7. The molecule has 5 rings (SSSR count). The van der Waals surface area contributed by atoms with Crippen LogP contribution in [0.15, 0.2) is 84.9 Å². The van der Waals surface area contributed by atoms with Gasteiger partial charge in [-0.2, -0.15) is 0 Å². The predicted octanol–water partition coefficient (Wildman–Crippen LogP) is 5.34. The molecule has 4 aromatic carbocycles. The van der Waals surface area contributed by atoms with Gasteiger partial charge in [-0.15, -0.1) is 0 Å². The SMILES string of the molecule is O=C1c2cccc3c(Oc4ccccc4[N+](=O)[O-])ccc(c23)C(=O)N1Cc1ccccc1. The fraction of sp³-hybridized carbons (Fsp3) is 0.0400. The number of hydrogen-bond acceptors (Lipinski definition) is 5. The normalized spacial score (nSPS) is 12.8. The lowest BCUT2D eigenvalue weighted by Gasteiger charge is -2.27. The molecule has 1 aliphatic heterocycles. The largest absolute Gasteiger partial charge is 0.449 e. The van der Waals surface area contributed by atoms with Crippen molar-refractivity contribution in [3.8, 4) is 11.5 Å². The molecule has 0 spiro atoms. The number of para-hydroxylation sites is 2. The number of nitro groups is 1. The second kappa shape index (κ2) is 7.63. The van der Waals surface area contributed by atoms with Crippen LogP contribution < -0.4 is 4.74 Å². The van der Waals surface area contributed by atoms with E-state index in [1.54, 1.807) is 42.5 Å². The van der Waals surface area contributed by atoms with Crippen molar-refractivity contribution in [2.45, 2.75) is 6.54 Å². The van der Waals surface area contributed by atoms with E-state index >= 15 is 0 Å². The molecule has 0 aromatic heterocycles. The lowest BCUT2D eigenvalue weighted by Crippen LogP contribution is -2.39. The summed E-state index contributed by atoms with van der Waals surface area (Å²) in [6.07, 6.45) is 0. The molecule has 0 saturated heterocycles. The van der Waals surface area contributed by atoms with Crippen LogP contribution in [-0.4, -0.2) is 21.6 Å². The van der Waals surface area contributed by atoms with Crippen LogP contribution >= 0.6 is 0 Å². The number of carbonyl (C=O) groups excluding carboxylic acids is 2. The summed E-state index contributed by atoms with van der Waals surface area (Å²) in [5.41, 5.74) is 1.46. The number of benzene rings is 4. The van der Waals surface area contributed by atoms with E-state index in [-0.39, 0.29) is 29.8 Å². The Bertz CT molecular complexity index is 1380. The van der Waals surface area contributed by atoms with Gasteiger partial charge in [0.05, 0.1) is 11.5 Å². The summed E-state index contributed by atoms with van der Waals surface area (Å²) >= 11 is 0. The van der Waals surface area contributed by atoms with E-state index in [0.29, 0.717) is 27.6 Å². The van der Waals surface area contributed by atoms with E-state index in [1.807, 2.05) is 30.3 Å². The van der Waals surface area contributed by atoms with Crippen LogP contribution in [0.25, 0.3) is 10.8 Å². The van der Waals surface area contributed by atoms with Crippen molar-refractivity contribution >= 4 is 28.3 Å². The van der Waals surface area contributed by atoms with Crippen molar-refractivity contribution < 1.29 is 19.2 Å². The van der Waals surface area contributed by atoms with Crippen LogP contribution in [-0.2, 0) is 6.54 Å². The van der Waals surface area contributed by atoms with E-state index in [2.05, 4.69) is 0 Å². The number of imide groups is 1. The molecule has 0 atom stereocenters. The summed E-state index contributed by atoms with van der Waals surface area (Å²) in [6.45, 7) is 0.169. The monoisotopic (exact) mass is 424 g/mol. The van der Waals surface area contributed by atoms with Crippen molar-refractivity contribution in [2.24, 2.45) is 0 Å². The van der Waals surface area contributed by atoms with E-state index in [1.165, 1.54) is 17.0 Å². The Morgan fingerprint density at radius 3 is 2.19 bits per heavy atom. The summed E-state index contributed by atoms with van der Waals surface area (Å²) < 4.78 is 5.88. The standard InChI is InChI=1S/C25H16N2O5/c28-24-18-10-6-9-17-21(32-22-12-5-4-11-20(22)27(30)31)14-13-19(23(17)18)25(29)26(24)15-16-7-2-1-3-8-16/h1-14H,15H2. The number of rotatable bonds is 5. The van der Waals surface area contributed by atoms with Gasteiger partial charge in [0.25, 0.3) is 11.8 Å². The zero-order valence-corrected chi connectivity index (χ0v) is 16.7. The second-order valence-electron chi connectivity index (χ2n) is 7.35. The van der Waals surface area contributed by atoms with Crippen molar-refractivity contribution in [1.82, 2.24) is 4.90 Å². The van der Waals surface area contributed by atoms with E-state index in [0.717, 1.165) is 5.56 Å². The first-order chi connectivity index (χ1) is 15.5. The van der Waals surface area contributed by atoms with Gasteiger partial charge in [-0.3, -0.25) is 24.6 Å². The van der Waals surface area contributed by atoms with Gasteiger partial charge in [-0.1, -0.05) is 54.6 Å². The minimum atomic E-state index is -0.519. The zero-order valence-electron chi connectivity index (χ0n) is 16.7. The minimum Gasteiger partial charge on any atom is -0.449 e. The highest BCUT2D eigenvalue weighted by atomic mass is 16.6. The molecule has 7 heteroatoms. The summed E-state index contributed by atoms with van der Waals surface area (Å²) in [5, 5.41) is 12.4. The molecule has 0 bridgehead atoms. The molecule has 0 unspecified atom stereocenters. The number of ether oxygens (including phenoxy) is 1. The van der Waals surface area contributed by atoms with Crippen molar-refractivity contribution in [3.63, 3.8) is 0 Å². The van der Waals surface area contributed by atoms with Crippen LogP contribution in [0.5, 0.6) is 11.5 Å². The van der Waals surface area contributed by atoms with Crippen molar-refractivity contribution in [3.05, 3.63) is 112 Å². The molecule has 0 radical (unpaired) electrons. The Kier molecular flexibility index (Phi) is 4.63. The highest BCUT2D eigenvalue weighted by molar-refractivity contribution is 6.26. The quantitative estimate of drug-likeness (QED) is 0.245. The maximum Gasteiger partial charge on any atom is 0.311 e. The maximum atomic E-state index is 13.2. The fourth-order valence-electron chi connectivity index (χ4n) is 3.93. The Morgan fingerprint density at radius 2 is 1.44 bits per heavy atom. The molecule has 2 amide bonds. The molecule has 156 valence electrons. The Hall–Kier alpha value is -4.52. The van der Waals surface area contributed by atoms with Gasteiger partial charge in [-0.05, 0) is 29.8 Å².